The van der Waals surface area contributed by atoms with E-state index in [9.17, 15) is 9.59 Å². The monoisotopic (exact) mass is 311 g/mol. The van der Waals surface area contributed by atoms with Gasteiger partial charge in [0.25, 0.3) is 0 Å². The van der Waals surface area contributed by atoms with Crippen LogP contribution in [0.25, 0.3) is 6.08 Å². The van der Waals surface area contributed by atoms with E-state index in [0.29, 0.717) is 5.57 Å². The van der Waals surface area contributed by atoms with Crippen LogP contribution < -0.4 is 4.90 Å². The highest BCUT2D eigenvalue weighted by Crippen LogP contribution is 2.61. The number of rotatable bonds is 2. The van der Waals surface area contributed by atoms with E-state index in [1.807, 2.05) is 50.2 Å². The van der Waals surface area contributed by atoms with Gasteiger partial charge in [0.1, 0.15) is 0 Å². The average molecular weight is 311 g/mol. The Hall–Kier alpha value is -1.90. The summed E-state index contributed by atoms with van der Waals surface area (Å²) < 4.78 is 0. The number of carbonyl (C=O) groups excluding carboxylic acids is 2. The third-order valence-electron chi connectivity index (χ3n) is 6.27. The van der Waals surface area contributed by atoms with E-state index in [1.54, 1.807) is 6.08 Å². The Morgan fingerprint density at radius 1 is 1.09 bits per heavy atom. The minimum Gasteiger partial charge on any atom is -0.378 e. The van der Waals surface area contributed by atoms with E-state index in [0.717, 1.165) is 24.1 Å². The molecule has 0 saturated heterocycles. The number of fused-ring (bicyclic) bond motifs is 2. The molecule has 1 aromatic carbocycles. The molecule has 2 unspecified atom stereocenters. The minimum absolute atomic E-state index is 0.0259. The van der Waals surface area contributed by atoms with E-state index in [4.69, 9.17) is 0 Å². The second-order valence-electron chi connectivity index (χ2n) is 7.88. The highest BCUT2D eigenvalue weighted by atomic mass is 16.2. The van der Waals surface area contributed by atoms with Crippen LogP contribution in [-0.4, -0.2) is 25.7 Å². The molecule has 2 atom stereocenters. The molecule has 122 valence electrons. The zero-order valence-electron chi connectivity index (χ0n) is 14.6. The maximum Gasteiger partial charge on any atom is 0.172 e. The molecule has 2 aliphatic carbocycles. The van der Waals surface area contributed by atoms with E-state index >= 15 is 0 Å². The molecule has 2 aliphatic rings. The van der Waals surface area contributed by atoms with Gasteiger partial charge in [-0.15, -0.1) is 0 Å². The first-order valence-corrected chi connectivity index (χ1v) is 8.26. The third-order valence-corrected chi connectivity index (χ3v) is 6.27. The van der Waals surface area contributed by atoms with Crippen molar-refractivity contribution in [2.24, 2.45) is 16.7 Å². The zero-order chi connectivity index (χ0) is 17.0. The van der Waals surface area contributed by atoms with Gasteiger partial charge in [0.15, 0.2) is 11.6 Å². The molecule has 0 spiro atoms. The van der Waals surface area contributed by atoms with Gasteiger partial charge < -0.3 is 4.90 Å². The fraction of sp³-hybridized carbons (Fsp3) is 0.500. The van der Waals surface area contributed by atoms with Gasteiger partial charge in [0.2, 0.25) is 0 Å². The predicted octanol–water partition coefficient (Wildman–Crippen LogP) is 3.73. The van der Waals surface area contributed by atoms with Gasteiger partial charge >= 0.3 is 0 Å². The number of Topliss-reactive ketones (excluding diaryl/α,β-unsaturated/α-hetero) is 2. The van der Waals surface area contributed by atoms with Crippen LogP contribution in [0.15, 0.2) is 29.8 Å². The number of carbonyl (C=O) groups is 2. The lowest BCUT2D eigenvalue weighted by Gasteiger charge is -2.44. The molecule has 0 amide bonds. The fourth-order valence-corrected chi connectivity index (χ4v) is 4.13. The smallest absolute Gasteiger partial charge is 0.172 e. The van der Waals surface area contributed by atoms with Crippen molar-refractivity contribution < 1.29 is 9.59 Å². The molecular weight excluding hydrogens is 286 g/mol. The average Bonchev–Trinajstić information content (AvgIpc) is 2.69. The number of hydrogen-bond donors (Lipinski definition) is 0. The maximum atomic E-state index is 13.0. The van der Waals surface area contributed by atoms with Crippen LogP contribution in [0.5, 0.6) is 0 Å². The Morgan fingerprint density at radius 3 is 2.26 bits per heavy atom. The van der Waals surface area contributed by atoms with E-state index in [-0.39, 0.29) is 22.9 Å². The molecule has 3 heteroatoms. The molecule has 23 heavy (non-hydrogen) atoms. The molecule has 3 rings (SSSR count). The first-order valence-electron chi connectivity index (χ1n) is 8.26. The second kappa shape index (κ2) is 5.05. The van der Waals surface area contributed by atoms with Crippen LogP contribution in [-0.2, 0) is 9.59 Å². The highest BCUT2D eigenvalue weighted by molar-refractivity contribution is 6.28. The fourth-order valence-electron chi connectivity index (χ4n) is 4.13. The number of nitrogens with zero attached hydrogens (tertiary/aromatic N) is 1. The maximum absolute atomic E-state index is 13.0. The molecule has 2 fully saturated rings. The van der Waals surface area contributed by atoms with Gasteiger partial charge in [0, 0.05) is 31.1 Å². The summed E-state index contributed by atoms with van der Waals surface area (Å²) in [4.78, 5) is 27.9. The van der Waals surface area contributed by atoms with E-state index < -0.39 is 5.41 Å². The molecule has 0 radical (unpaired) electrons. The summed E-state index contributed by atoms with van der Waals surface area (Å²) >= 11 is 0. The van der Waals surface area contributed by atoms with Crippen molar-refractivity contribution in [1.82, 2.24) is 0 Å². The Kier molecular flexibility index (Phi) is 3.51. The summed E-state index contributed by atoms with van der Waals surface area (Å²) in [6.45, 7) is 6.18. The van der Waals surface area contributed by atoms with Crippen molar-refractivity contribution in [3.05, 3.63) is 35.4 Å². The lowest BCUT2D eigenvalue weighted by Crippen LogP contribution is -2.49. The van der Waals surface area contributed by atoms with Crippen molar-refractivity contribution in [1.29, 1.82) is 0 Å². The predicted molar refractivity (Wildman–Crippen MR) is 93.4 cm³/mol. The SMILES string of the molecule is CN(C)c1ccc(C=C2C(=O)C3CCC(C)(C2=O)C3(C)C)cc1. The quantitative estimate of drug-likeness (QED) is 0.617. The van der Waals surface area contributed by atoms with Gasteiger partial charge in [-0.05, 0) is 42.0 Å². The Balaban J connectivity index is 2.00. The summed E-state index contributed by atoms with van der Waals surface area (Å²) in [5.74, 6) is 0.0297. The lowest BCUT2D eigenvalue weighted by molar-refractivity contribution is -0.139. The number of hydrogen-bond acceptors (Lipinski definition) is 3. The first kappa shape index (κ1) is 16.0. The van der Waals surface area contributed by atoms with Crippen molar-refractivity contribution >= 4 is 23.3 Å². The standard InChI is InChI=1S/C20H25NO2/c1-19(2)16-10-11-20(19,3)18(23)15(17(16)22)12-13-6-8-14(9-7-13)21(4)5/h6-9,12,16H,10-11H2,1-5H3. The van der Waals surface area contributed by atoms with Crippen LogP contribution in [0.3, 0.4) is 0 Å². The van der Waals surface area contributed by atoms with E-state index in [1.165, 1.54) is 0 Å². The molecule has 2 saturated carbocycles. The van der Waals surface area contributed by atoms with Crippen molar-refractivity contribution in [2.75, 3.05) is 19.0 Å². The number of benzene rings is 1. The van der Waals surface area contributed by atoms with Crippen LogP contribution in [0.2, 0.25) is 0 Å². The van der Waals surface area contributed by atoms with Gasteiger partial charge in [0.05, 0.1) is 5.57 Å². The minimum atomic E-state index is -0.416. The lowest BCUT2D eigenvalue weighted by atomic mass is 9.57. The Morgan fingerprint density at radius 2 is 1.70 bits per heavy atom. The van der Waals surface area contributed by atoms with Gasteiger partial charge in [-0.1, -0.05) is 32.9 Å². The Labute approximate surface area is 138 Å². The molecule has 0 N–H and O–H groups in total. The van der Waals surface area contributed by atoms with Gasteiger partial charge in [-0.2, -0.15) is 0 Å². The summed E-state index contributed by atoms with van der Waals surface area (Å²) in [7, 11) is 3.98. The zero-order valence-corrected chi connectivity index (χ0v) is 14.6. The van der Waals surface area contributed by atoms with Crippen LogP contribution in [0.4, 0.5) is 5.69 Å². The molecule has 0 heterocycles. The number of allylic oxidation sites excluding steroid dienone is 1. The van der Waals surface area contributed by atoms with Crippen molar-refractivity contribution in [3.63, 3.8) is 0 Å². The molecule has 0 aromatic heterocycles. The molecule has 0 aliphatic heterocycles. The van der Waals surface area contributed by atoms with E-state index in [2.05, 4.69) is 13.8 Å². The Bertz CT molecular complexity index is 697. The topological polar surface area (TPSA) is 37.4 Å². The summed E-state index contributed by atoms with van der Waals surface area (Å²) in [6, 6.07) is 7.94. The summed E-state index contributed by atoms with van der Waals surface area (Å²) in [6.07, 6.45) is 3.42. The molecular formula is C20H25NO2. The third kappa shape index (κ3) is 2.17. The summed E-state index contributed by atoms with van der Waals surface area (Å²) in [5.41, 5.74) is 1.75. The van der Waals surface area contributed by atoms with Crippen LogP contribution in [0, 0.1) is 16.7 Å². The van der Waals surface area contributed by atoms with Gasteiger partial charge in [-0.3, -0.25) is 9.59 Å². The molecule has 2 bridgehead atoms. The summed E-state index contributed by atoms with van der Waals surface area (Å²) in [5, 5.41) is 0. The second-order valence-corrected chi connectivity index (χ2v) is 7.88. The van der Waals surface area contributed by atoms with Crippen molar-refractivity contribution in [2.45, 2.75) is 33.6 Å². The normalized spacial score (nSPS) is 30.8. The van der Waals surface area contributed by atoms with Crippen LogP contribution in [0.1, 0.15) is 39.2 Å². The number of anilines is 1. The van der Waals surface area contributed by atoms with Crippen LogP contribution >= 0.6 is 0 Å². The van der Waals surface area contributed by atoms with Gasteiger partial charge in [-0.25, -0.2) is 0 Å². The highest BCUT2D eigenvalue weighted by Gasteiger charge is 2.62. The molecule has 1 aromatic rings. The van der Waals surface area contributed by atoms with Crippen molar-refractivity contribution in [3.8, 4) is 0 Å². The number of ketones is 2. The molecule has 3 nitrogen and oxygen atoms in total. The largest absolute Gasteiger partial charge is 0.378 e. The first-order chi connectivity index (χ1) is 10.7.